The van der Waals surface area contributed by atoms with E-state index in [1.165, 1.54) is 0 Å². The van der Waals surface area contributed by atoms with Gasteiger partial charge in [-0.2, -0.15) is 0 Å². The highest BCUT2D eigenvalue weighted by atomic mass is 16.5. The van der Waals surface area contributed by atoms with Crippen LogP contribution in [0.5, 0.6) is 17.2 Å². The lowest BCUT2D eigenvalue weighted by molar-refractivity contribution is 0.103. The normalized spacial score (nSPS) is 28.3. The highest BCUT2D eigenvalue weighted by molar-refractivity contribution is 5.46. The van der Waals surface area contributed by atoms with Crippen molar-refractivity contribution in [2.75, 3.05) is 0 Å². The van der Waals surface area contributed by atoms with Crippen LogP contribution in [-0.2, 0) is 0 Å². The molecule has 1 fully saturated rings. The molecule has 0 aromatic heterocycles. The van der Waals surface area contributed by atoms with Gasteiger partial charge < -0.3 is 14.9 Å². The van der Waals surface area contributed by atoms with Crippen molar-refractivity contribution < 1.29 is 14.9 Å². The molecule has 0 radical (unpaired) electrons. The number of rotatable bonds is 1. The zero-order chi connectivity index (χ0) is 16.0. The van der Waals surface area contributed by atoms with Gasteiger partial charge in [-0.3, -0.25) is 0 Å². The first-order valence-corrected chi connectivity index (χ1v) is 7.90. The van der Waals surface area contributed by atoms with Gasteiger partial charge in [-0.15, -0.1) is 12.3 Å². The summed E-state index contributed by atoms with van der Waals surface area (Å²) in [6, 6.07) is 12.5. The molecule has 0 spiro atoms. The van der Waals surface area contributed by atoms with E-state index >= 15 is 0 Å². The lowest BCUT2D eigenvalue weighted by Crippen LogP contribution is -2.26. The van der Waals surface area contributed by atoms with Gasteiger partial charge in [-0.05, 0) is 54.7 Å². The van der Waals surface area contributed by atoms with Gasteiger partial charge in [0, 0.05) is 17.4 Å². The average molecular weight is 306 g/mol. The Hall–Kier alpha value is -2.60. The van der Waals surface area contributed by atoms with E-state index in [9.17, 15) is 10.2 Å². The second-order valence-electron chi connectivity index (χ2n) is 6.46. The molecule has 1 aliphatic heterocycles. The Morgan fingerprint density at radius 3 is 2.48 bits per heavy atom. The number of hydrogen-bond donors (Lipinski definition) is 2. The maximum atomic E-state index is 9.82. The van der Waals surface area contributed by atoms with Gasteiger partial charge in [0.2, 0.25) is 0 Å². The number of aromatic hydroxyl groups is 2. The average Bonchev–Trinajstić information content (AvgIpc) is 3.00. The van der Waals surface area contributed by atoms with Crippen molar-refractivity contribution >= 4 is 0 Å². The van der Waals surface area contributed by atoms with Gasteiger partial charge in [-0.1, -0.05) is 12.1 Å². The molecule has 0 amide bonds. The van der Waals surface area contributed by atoms with Gasteiger partial charge in [0.25, 0.3) is 0 Å². The molecule has 1 aliphatic carbocycles. The number of hydrogen-bond acceptors (Lipinski definition) is 3. The quantitative estimate of drug-likeness (QED) is 0.784. The standard InChI is InChI=1S/C20H18O3/c1-2-12-9-16-17-11-15(22)7-8-19(17)23-20(18(16)10-12)13-3-5-14(21)6-4-13/h1,3-8,11-12,16,18,20-22H,9-10H2. The fraction of sp³-hybridized carbons (Fsp3) is 0.300. The summed E-state index contributed by atoms with van der Waals surface area (Å²) in [6.07, 6.45) is 7.44. The van der Waals surface area contributed by atoms with Gasteiger partial charge >= 0.3 is 0 Å². The molecule has 2 aromatic carbocycles. The molecule has 2 aromatic rings. The molecule has 1 heterocycles. The van der Waals surface area contributed by atoms with Crippen molar-refractivity contribution in [3.63, 3.8) is 0 Å². The Morgan fingerprint density at radius 1 is 1.00 bits per heavy atom. The Kier molecular flexibility index (Phi) is 3.20. The Balaban J connectivity index is 1.78. The third-order valence-electron chi connectivity index (χ3n) is 5.10. The molecule has 0 bridgehead atoms. The summed E-state index contributed by atoms with van der Waals surface area (Å²) in [4.78, 5) is 0. The summed E-state index contributed by atoms with van der Waals surface area (Å²) in [5.41, 5.74) is 2.11. The predicted molar refractivity (Wildman–Crippen MR) is 87.4 cm³/mol. The van der Waals surface area contributed by atoms with E-state index in [0.29, 0.717) is 5.92 Å². The van der Waals surface area contributed by atoms with E-state index in [0.717, 1.165) is 29.7 Å². The van der Waals surface area contributed by atoms with Crippen LogP contribution < -0.4 is 4.74 Å². The van der Waals surface area contributed by atoms with Crippen LogP contribution in [0.3, 0.4) is 0 Å². The molecular formula is C20H18O3. The second-order valence-corrected chi connectivity index (χ2v) is 6.46. The summed E-state index contributed by atoms with van der Waals surface area (Å²) in [5.74, 6) is 5.04. The molecular weight excluding hydrogens is 288 g/mol. The van der Waals surface area contributed by atoms with Crippen LogP contribution in [0.25, 0.3) is 0 Å². The minimum absolute atomic E-state index is 0.0732. The summed E-state index contributed by atoms with van der Waals surface area (Å²) in [6.45, 7) is 0. The molecule has 0 saturated heterocycles. The zero-order valence-electron chi connectivity index (χ0n) is 12.6. The van der Waals surface area contributed by atoms with Crippen molar-refractivity contribution in [1.82, 2.24) is 0 Å². The zero-order valence-corrected chi connectivity index (χ0v) is 12.6. The lowest BCUT2D eigenvalue weighted by Gasteiger charge is -2.36. The van der Waals surface area contributed by atoms with E-state index in [1.54, 1.807) is 24.3 Å². The number of benzene rings is 2. The van der Waals surface area contributed by atoms with Crippen molar-refractivity contribution in [2.45, 2.75) is 24.9 Å². The van der Waals surface area contributed by atoms with Crippen LogP contribution in [0, 0.1) is 24.2 Å². The maximum absolute atomic E-state index is 9.82. The van der Waals surface area contributed by atoms with Crippen molar-refractivity contribution in [3.05, 3.63) is 53.6 Å². The molecule has 116 valence electrons. The molecule has 3 heteroatoms. The van der Waals surface area contributed by atoms with Crippen LogP contribution in [0.2, 0.25) is 0 Å². The number of phenolic OH excluding ortho intramolecular Hbond substituents is 2. The van der Waals surface area contributed by atoms with E-state index in [1.807, 2.05) is 18.2 Å². The van der Waals surface area contributed by atoms with Gasteiger partial charge in [0.15, 0.2) is 0 Å². The summed E-state index contributed by atoms with van der Waals surface area (Å²) >= 11 is 0. The fourth-order valence-corrected chi connectivity index (χ4v) is 4.03. The Bertz CT molecular complexity index is 772. The molecule has 4 unspecified atom stereocenters. The summed E-state index contributed by atoms with van der Waals surface area (Å²) in [7, 11) is 0. The molecule has 4 rings (SSSR count). The van der Waals surface area contributed by atoms with Crippen molar-refractivity contribution in [1.29, 1.82) is 0 Å². The SMILES string of the molecule is C#CC1CC2c3cc(O)ccc3OC(c3ccc(O)cc3)C2C1. The number of phenols is 2. The number of ether oxygens (including phenoxy) is 1. The highest BCUT2D eigenvalue weighted by Gasteiger charge is 2.45. The first-order valence-electron chi connectivity index (χ1n) is 7.90. The third-order valence-corrected chi connectivity index (χ3v) is 5.10. The minimum atomic E-state index is -0.0732. The molecule has 2 N–H and O–H groups in total. The van der Waals surface area contributed by atoms with Crippen LogP contribution in [0.4, 0.5) is 0 Å². The van der Waals surface area contributed by atoms with E-state index in [2.05, 4.69) is 5.92 Å². The lowest BCUT2D eigenvalue weighted by atomic mass is 9.80. The molecule has 23 heavy (non-hydrogen) atoms. The van der Waals surface area contributed by atoms with Crippen LogP contribution in [0.15, 0.2) is 42.5 Å². The van der Waals surface area contributed by atoms with Crippen LogP contribution >= 0.6 is 0 Å². The smallest absolute Gasteiger partial charge is 0.127 e. The molecule has 2 aliphatic rings. The third kappa shape index (κ3) is 2.31. The fourth-order valence-electron chi connectivity index (χ4n) is 4.03. The highest BCUT2D eigenvalue weighted by Crippen LogP contribution is 2.55. The number of terminal acetylenes is 1. The van der Waals surface area contributed by atoms with Crippen LogP contribution in [0.1, 0.15) is 36.0 Å². The van der Waals surface area contributed by atoms with Gasteiger partial charge in [0.05, 0.1) is 0 Å². The largest absolute Gasteiger partial charge is 0.508 e. The van der Waals surface area contributed by atoms with Crippen molar-refractivity contribution in [3.8, 4) is 29.6 Å². The monoisotopic (exact) mass is 306 g/mol. The Morgan fingerprint density at radius 2 is 1.74 bits per heavy atom. The van der Waals surface area contributed by atoms with E-state index in [4.69, 9.17) is 11.2 Å². The number of fused-ring (bicyclic) bond motifs is 3. The van der Waals surface area contributed by atoms with E-state index in [-0.39, 0.29) is 29.4 Å². The first kappa shape index (κ1) is 14.0. The Labute approximate surface area is 135 Å². The second kappa shape index (κ2) is 5.24. The molecule has 3 nitrogen and oxygen atoms in total. The summed E-state index contributed by atoms with van der Waals surface area (Å²) in [5, 5.41) is 19.3. The summed E-state index contributed by atoms with van der Waals surface area (Å²) < 4.78 is 6.26. The predicted octanol–water partition coefficient (Wildman–Crippen LogP) is 3.97. The van der Waals surface area contributed by atoms with Crippen molar-refractivity contribution in [2.24, 2.45) is 11.8 Å². The van der Waals surface area contributed by atoms with Crippen LogP contribution in [-0.4, -0.2) is 10.2 Å². The first-order chi connectivity index (χ1) is 11.2. The minimum Gasteiger partial charge on any atom is -0.508 e. The topological polar surface area (TPSA) is 49.7 Å². The molecule has 4 atom stereocenters. The van der Waals surface area contributed by atoms with Gasteiger partial charge in [-0.25, -0.2) is 0 Å². The van der Waals surface area contributed by atoms with E-state index < -0.39 is 0 Å². The van der Waals surface area contributed by atoms with Gasteiger partial charge in [0.1, 0.15) is 23.4 Å². The maximum Gasteiger partial charge on any atom is 0.127 e. The molecule has 1 saturated carbocycles.